The Hall–Kier alpha value is -1.13. The molecule has 1 aromatic heterocycles. The molecule has 0 N–H and O–H groups in total. The van der Waals surface area contributed by atoms with Crippen molar-refractivity contribution < 1.29 is 0 Å². The van der Waals surface area contributed by atoms with Crippen LogP contribution in [-0.2, 0) is 20.1 Å². The van der Waals surface area contributed by atoms with Crippen LogP contribution in [0.5, 0.6) is 0 Å². The van der Waals surface area contributed by atoms with Gasteiger partial charge in [-0.25, -0.2) is 0 Å². The number of hydrogen-bond acceptors (Lipinski definition) is 2. The summed E-state index contributed by atoms with van der Waals surface area (Å²) in [5.74, 6) is 0. The molecule has 1 heterocycles. The molecule has 0 aliphatic carbocycles. The lowest BCUT2D eigenvalue weighted by Gasteiger charge is -2.18. The molecule has 2 aromatic rings. The van der Waals surface area contributed by atoms with Crippen molar-refractivity contribution in [3.8, 4) is 0 Å². The Morgan fingerprint density at radius 1 is 1.21 bits per heavy atom. The number of aryl methyl sites for hydroxylation is 3. The van der Waals surface area contributed by atoms with Crippen LogP contribution < -0.4 is 0 Å². The summed E-state index contributed by atoms with van der Waals surface area (Å²) in [7, 11) is 4.13. The Kier molecular flexibility index (Phi) is 4.42. The molecule has 4 heteroatoms. The van der Waals surface area contributed by atoms with E-state index < -0.39 is 0 Å². The fraction of sp³-hybridized carbons (Fsp3) is 0.400. The van der Waals surface area contributed by atoms with Crippen LogP contribution in [0.4, 0.5) is 0 Å². The zero-order chi connectivity index (χ0) is 14.0. The Morgan fingerprint density at radius 2 is 1.89 bits per heavy atom. The lowest BCUT2D eigenvalue weighted by Crippen LogP contribution is -2.19. The van der Waals surface area contributed by atoms with E-state index in [2.05, 4.69) is 64.2 Å². The van der Waals surface area contributed by atoms with E-state index in [1.165, 1.54) is 16.8 Å². The van der Waals surface area contributed by atoms with Crippen LogP contribution in [0.3, 0.4) is 0 Å². The van der Waals surface area contributed by atoms with Gasteiger partial charge in [-0.2, -0.15) is 5.10 Å². The second kappa shape index (κ2) is 5.88. The van der Waals surface area contributed by atoms with Crippen molar-refractivity contribution in [3.63, 3.8) is 0 Å². The molecular weight excluding hydrogens is 302 g/mol. The minimum absolute atomic E-state index is 0.881. The maximum absolute atomic E-state index is 4.43. The first kappa shape index (κ1) is 14.3. The Labute approximate surface area is 123 Å². The molecule has 102 valence electrons. The molecule has 0 amide bonds. The van der Waals surface area contributed by atoms with Gasteiger partial charge in [-0.1, -0.05) is 24.3 Å². The lowest BCUT2D eigenvalue weighted by atomic mass is 10.1. The number of nitrogens with zero attached hydrogens (tertiary/aromatic N) is 3. The molecule has 0 fully saturated rings. The molecule has 0 atom stereocenters. The molecule has 0 aliphatic rings. The van der Waals surface area contributed by atoms with E-state index in [0.29, 0.717) is 0 Å². The first-order valence-corrected chi connectivity index (χ1v) is 7.19. The highest BCUT2D eigenvalue weighted by molar-refractivity contribution is 9.10. The number of rotatable bonds is 4. The third-order valence-corrected chi connectivity index (χ3v) is 4.41. The standard InChI is InChI=1S/C15H20BrN3/c1-11-7-5-6-8-13(11)9-18(3)10-14-15(16)12(2)17-19(14)4/h5-8H,9-10H2,1-4H3. The van der Waals surface area contributed by atoms with Crippen LogP contribution in [0.15, 0.2) is 28.7 Å². The summed E-state index contributed by atoms with van der Waals surface area (Å²) in [6, 6.07) is 8.53. The van der Waals surface area contributed by atoms with E-state index in [9.17, 15) is 0 Å². The molecule has 0 spiro atoms. The third-order valence-electron chi connectivity index (χ3n) is 3.38. The zero-order valence-electron chi connectivity index (χ0n) is 11.9. The summed E-state index contributed by atoms with van der Waals surface area (Å²) in [5, 5.41) is 4.43. The summed E-state index contributed by atoms with van der Waals surface area (Å²) < 4.78 is 3.07. The summed E-state index contributed by atoms with van der Waals surface area (Å²) in [5.41, 5.74) is 4.98. The number of benzene rings is 1. The first-order valence-electron chi connectivity index (χ1n) is 6.40. The minimum atomic E-state index is 0.881. The number of hydrogen-bond donors (Lipinski definition) is 0. The number of halogens is 1. The maximum Gasteiger partial charge on any atom is 0.0739 e. The van der Waals surface area contributed by atoms with E-state index in [0.717, 1.165) is 23.3 Å². The first-order chi connectivity index (χ1) is 8.99. The molecule has 2 rings (SSSR count). The summed E-state index contributed by atoms with van der Waals surface area (Å²) in [6.07, 6.45) is 0. The average Bonchev–Trinajstić information content (AvgIpc) is 2.59. The summed E-state index contributed by atoms with van der Waals surface area (Å²) in [4.78, 5) is 2.31. The summed E-state index contributed by atoms with van der Waals surface area (Å²) in [6.45, 7) is 6.01. The van der Waals surface area contributed by atoms with Gasteiger partial charge in [0.15, 0.2) is 0 Å². The van der Waals surface area contributed by atoms with Gasteiger partial charge in [0.1, 0.15) is 0 Å². The monoisotopic (exact) mass is 321 g/mol. The Bertz CT molecular complexity index is 575. The van der Waals surface area contributed by atoms with Crippen LogP contribution in [0.1, 0.15) is 22.5 Å². The van der Waals surface area contributed by atoms with Crippen molar-refractivity contribution in [2.45, 2.75) is 26.9 Å². The second-order valence-corrected chi connectivity index (χ2v) is 5.86. The van der Waals surface area contributed by atoms with Crippen molar-refractivity contribution in [2.24, 2.45) is 7.05 Å². The van der Waals surface area contributed by atoms with E-state index in [-0.39, 0.29) is 0 Å². The van der Waals surface area contributed by atoms with Crippen LogP contribution in [-0.4, -0.2) is 21.7 Å². The third kappa shape index (κ3) is 3.25. The van der Waals surface area contributed by atoms with Gasteiger partial charge in [-0.3, -0.25) is 9.58 Å². The molecule has 3 nitrogen and oxygen atoms in total. The van der Waals surface area contributed by atoms with Gasteiger partial charge in [0.25, 0.3) is 0 Å². The minimum Gasteiger partial charge on any atom is -0.296 e. The van der Waals surface area contributed by atoms with E-state index in [1.54, 1.807) is 0 Å². The average molecular weight is 322 g/mol. The quantitative estimate of drug-likeness (QED) is 0.860. The topological polar surface area (TPSA) is 21.1 Å². The molecule has 19 heavy (non-hydrogen) atoms. The highest BCUT2D eigenvalue weighted by Gasteiger charge is 2.13. The highest BCUT2D eigenvalue weighted by atomic mass is 79.9. The van der Waals surface area contributed by atoms with E-state index >= 15 is 0 Å². The second-order valence-electron chi connectivity index (χ2n) is 5.07. The van der Waals surface area contributed by atoms with Gasteiger partial charge in [0.2, 0.25) is 0 Å². The van der Waals surface area contributed by atoms with Gasteiger partial charge < -0.3 is 0 Å². The van der Waals surface area contributed by atoms with Crippen LogP contribution in [0.25, 0.3) is 0 Å². The largest absolute Gasteiger partial charge is 0.296 e. The zero-order valence-corrected chi connectivity index (χ0v) is 13.5. The van der Waals surface area contributed by atoms with Gasteiger partial charge >= 0.3 is 0 Å². The summed E-state index contributed by atoms with van der Waals surface area (Å²) >= 11 is 3.62. The predicted octanol–water partition coefficient (Wildman–Crippen LogP) is 3.43. The SMILES string of the molecule is Cc1ccccc1CN(C)Cc1c(Br)c(C)nn1C. The van der Waals surface area contributed by atoms with Gasteiger partial charge in [0, 0.05) is 20.1 Å². The molecule has 0 radical (unpaired) electrons. The number of aromatic nitrogens is 2. The molecule has 0 aliphatic heterocycles. The van der Waals surface area contributed by atoms with Crippen molar-refractivity contribution in [2.75, 3.05) is 7.05 Å². The molecule has 0 saturated carbocycles. The van der Waals surface area contributed by atoms with Gasteiger partial charge in [-0.05, 0) is 48.0 Å². The predicted molar refractivity (Wildman–Crippen MR) is 82.0 cm³/mol. The highest BCUT2D eigenvalue weighted by Crippen LogP contribution is 2.22. The molecule has 1 aromatic carbocycles. The van der Waals surface area contributed by atoms with Crippen molar-refractivity contribution in [3.05, 3.63) is 51.3 Å². The van der Waals surface area contributed by atoms with Gasteiger partial charge in [-0.15, -0.1) is 0 Å². The molecule has 0 unspecified atom stereocenters. The molecule has 0 bridgehead atoms. The van der Waals surface area contributed by atoms with Crippen LogP contribution >= 0.6 is 15.9 Å². The smallest absolute Gasteiger partial charge is 0.0739 e. The van der Waals surface area contributed by atoms with Crippen LogP contribution in [0.2, 0.25) is 0 Å². The maximum atomic E-state index is 4.43. The van der Waals surface area contributed by atoms with Crippen LogP contribution in [0, 0.1) is 13.8 Å². The fourth-order valence-corrected chi connectivity index (χ4v) is 2.70. The fourth-order valence-electron chi connectivity index (χ4n) is 2.24. The van der Waals surface area contributed by atoms with Crippen molar-refractivity contribution in [1.29, 1.82) is 0 Å². The normalized spacial score (nSPS) is 11.3. The van der Waals surface area contributed by atoms with Crippen molar-refractivity contribution in [1.82, 2.24) is 14.7 Å². The lowest BCUT2D eigenvalue weighted by molar-refractivity contribution is 0.308. The molecular formula is C15H20BrN3. The Morgan fingerprint density at radius 3 is 2.47 bits per heavy atom. The van der Waals surface area contributed by atoms with E-state index in [4.69, 9.17) is 0 Å². The van der Waals surface area contributed by atoms with Crippen molar-refractivity contribution >= 4 is 15.9 Å². The van der Waals surface area contributed by atoms with E-state index in [1.807, 2.05) is 18.7 Å². The molecule has 0 saturated heterocycles. The Balaban J connectivity index is 2.10. The van der Waals surface area contributed by atoms with Gasteiger partial charge in [0.05, 0.1) is 15.9 Å².